The van der Waals surface area contributed by atoms with Gasteiger partial charge in [-0.2, -0.15) is 0 Å². The number of esters is 1. The fourth-order valence-corrected chi connectivity index (χ4v) is 2.62. The van der Waals surface area contributed by atoms with Gasteiger partial charge in [0.1, 0.15) is 5.75 Å². The van der Waals surface area contributed by atoms with Gasteiger partial charge in [0.15, 0.2) is 6.61 Å². The lowest BCUT2D eigenvalue weighted by molar-refractivity contribution is -0.146. The number of unbranched alkanes of at least 4 members (excludes halogenated alkanes) is 9. The molecule has 0 N–H and O–H groups in total. The largest absolute Gasteiger partial charge is 0.482 e. The molecule has 0 saturated carbocycles. The third kappa shape index (κ3) is 11.3. The van der Waals surface area contributed by atoms with Crippen LogP contribution in [0, 0.1) is 0 Å². The molecule has 1 aromatic rings. The molecule has 0 aliphatic carbocycles. The minimum atomic E-state index is -0.319. The molecule has 0 bridgehead atoms. The van der Waals surface area contributed by atoms with Gasteiger partial charge in [-0.25, -0.2) is 4.79 Å². The second kappa shape index (κ2) is 14.2. The van der Waals surface area contributed by atoms with E-state index in [4.69, 9.17) is 21.1 Å². The Morgan fingerprint density at radius 1 is 0.875 bits per heavy atom. The van der Waals surface area contributed by atoms with Crippen molar-refractivity contribution in [2.45, 2.75) is 71.1 Å². The number of benzene rings is 1. The standard InChI is InChI=1S/C20H31ClO3/c1-2-3-4-5-6-7-8-9-10-11-16-23-20(22)17-24-19-14-12-18(21)13-15-19/h12-15H,2-11,16-17H2,1H3. The van der Waals surface area contributed by atoms with E-state index >= 15 is 0 Å². The normalized spacial score (nSPS) is 10.6. The van der Waals surface area contributed by atoms with Gasteiger partial charge >= 0.3 is 5.97 Å². The Kier molecular flexibility index (Phi) is 12.3. The predicted octanol–water partition coefficient (Wildman–Crippen LogP) is 6.18. The molecule has 1 rings (SSSR count). The van der Waals surface area contributed by atoms with E-state index < -0.39 is 0 Å². The second-order valence-corrected chi connectivity index (χ2v) is 6.58. The first-order chi connectivity index (χ1) is 11.7. The lowest BCUT2D eigenvalue weighted by Crippen LogP contribution is -2.15. The molecule has 0 atom stereocenters. The van der Waals surface area contributed by atoms with Crippen molar-refractivity contribution in [1.82, 2.24) is 0 Å². The van der Waals surface area contributed by atoms with Crippen molar-refractivity contribution in [3.63, 3.8) is 0 Å². The molecule has 24 heavy (non-hydrogen) atoms. The molecular formula is C20H31ClO3. The molecule has 1 aromatic carbocycles. The maximum atomic E-state index is 11.6. The molecule has 0 saturated heterocycles. The molecule has 0 aliphatic rings. The lowest BCUT2D eigenvalue weighted by atomic mass is 10.1. The molecule has 0 fully saturated rings. The molecular weight excluding hydrogens is 324 g/mol. The van der Waals surface area contributed by atoms with Crippen LogP contribution < -0.4 is 4.74 Å². The highest BCUT2D eigenvalue weighted by molar-refractivity contribution is 6.30. The maximum absolute atomic E-state index is 11.6. The van der Waals surface area contributed by atoms with E-state index in [9.17, 15) is 4.79 Å². The molecule has 4 heteroatoms. The average Bonchev–Trinajstić information content (AvgIpc) is 2.59. The van der Waals surface area contributed by atoms with Crippen molar-refractivity contribution in [1.29, 1.82) is 0 Å². The molecule has 0 aliphatic heterocycles. The smallest absolute Gasteiger partial charge is 0.344 e. The monoisotopic (exact) mass is 354 g/mol. The Morgan fingerprint density at radius 2 is 1.42 bits per heavy atom. The van der Waals surface area contributed by atoms with E-state index in [-0.39, 0.29) is 12.6 Å². The van der Waals surface area contributed by atoms with Crippen LogP contribution in [0.1, 0.15) is 71.1 Å². The van der Waals surface area contributed by atoms with E-state index in [1.807, 2.05) is 0 Å². The summed E-state index contributed by atoms with van der Waals surface area (Å²) in [7, 11) is 0. The van der Waals surface area contributed by atoms with Gasteiger partial charge in [-0.3, -0.25) is 0 Å². The van der Waals surface area contributed by atoms with Crippen molar-refractivity contribution in [3.05, 3.63) is 29.3 Å². The fraction of sp³-hybridized carbons (Fsp3) is 0.650. The Labute approximate surface area is 151 Å². The summed E-state index contributed by atoms with van der Waals surface area (Å²) >= 11 is 5.79. The molecule has 0 amide bonds. The Morgan fingerprint density at radius 3 is 2.00 bits per heavy atom. The first-order valence-corrected chi connectivity index (χ1v) is 9.64. The van der Waals surface area contributed by atoms with Crippen molar-refractivity contribution in [3.8, 4) is 5.75 Å². The first kappa shape index (κ1) is 20.8. The van der Waals surface area contributed by atoms with Crippen LogP contribution in [-0.4, -0.2) is 19.2 Å². The first-order valence-electron chi connectivity index (χ1n) is 9.26. The number of rotatable bonds is 14. The van der Waals surface area contributed by atoms with Crippen LogP contribution in [0.5, 0.6) is 5.75 Å². The van der Waals surface area contributed by atoms with E-state index in [0.29, 0.717) is 17.4 Å². The van der Waals surface area contributed by atoms with E-state index in [1.165, 1.54) is 51.4 Å². The summed E-state index contributed by atoms with van der Waals surface area (Å²) in [5, 5.41) is 0.644. The minimum absolute atomic E-state index is 0.0562. The van der Waals surface area contributed by atoms with Gasteiger partial charge < -0.3 is 9.47 Å². The van der Waals surface area contributed by atoms with Crippen LogP contribution in [0.25, 0.3) is 0 Å². The van der Waals surface area contributed by atoms with Gasteiger partial charge in [0.2, 0.25) is 0 Å². The summed E-state index contributed by atoms with van der Waals surface area (Å²) in [6.45, 7) is 2.68. The SMILES string of the molecule is CCCCCCCCCCCCOC(=O)COc1ccc(Cl)cc1. The average molecular weight is 355 g/mol. The number of hydrogen-bond donors (Lipinski definition) is 0. The van der Waals surface area contributed by atoms with Crippen molar-refractivity contribution in [2.75, 3.05) is 13.2 Å². The van der Waals surface area contributed by atoms with Gasteiger partial charge in [-0.05, 0) is 30.7 Å². The molecule has 0 spiro atoms. The molecule has 136 valence electrons. The zero-order valence-electron chi connectivity index (χ0n) is 14.9. The second-order valence-electron chi connectivity index (χ2n) is 6.15. The Balaban J connectivity index is 1.88. The van der Waals surface area contributed by atoms with Gasteiger partial charge in [0.05, 0.1) is 6.61 Å². The summed E-state index contributed by atoms with van der Waals surface area (Å²) in [6.07, 6.45) is 12.7. The number of ether oxygens (including phenoxy) is 2. The van der Waals surface area contributed by atoms with Crippen LogP contribution >= 0.6 is 11.6 Å². The molecule has 0 radical (unpaired) electrons. The highest BCUT2D eigenvalue weighted by Gasteiger charge is 2.04. The molecule has 0 unspecified atom stereocenters. The number of carbonyl (C=O) groups excluding carboxylic acids is 1. The number of carbonyl (C=O) groups is 1. The highest BCUT2D eigenvalue weighted by Crippen LogP contribution is 2.15. The van der Waals surface area contributed by atoms with Crippen LogP contribution in [-0.2, 0) is 9.53 Å². The van der Waals surface area contributed by atoms with Crippen LogP contribution in [0.15, 0.2) is 24.3 Å². The molecule has 3 nitrogen and oxygen atoms in total. The zero-order chi connectivity index (χ0) is 17.5. The summed E-state index contributed by atoms with van der Waals surface area (Å²) in [5.41, 5.74) is 0. The maximum Gasteiger partial charge on any atom is 0.344 e. The van der Waals surface area contributed by atoms with E-state index in [1.54, 1.807) is 24.3 Å². The van der Waals surface area contributed by atoms with Gasteiger partial charge in [-0.1, -0.05) is 76.3 Å². The van der Waals surface area contributed by atoms with Crippen LogP contribution in [0.4, 0.5) is 0 Å². The quantitative estimate of drug-likeness (QED) is 0.295. The minimum Gasteiger partial charge on any atom is -0.482 e. The highest BCUT2D eigenvalue weighted by atomic mass is 35.5. The third-order valence-corrected chi connectivity index (χ3v) is 4.18. The van der Waals surface area contributed by atoms with Gasteiger partial charge in [0.25, 0.3) is 0 Å². The Bertz CT molecular complexity index is 431. The van der Waals surface area contributed by atoms with Crippen molar-refractivity contribution < 1.29 is 14.3 Å². The van der Waals surface area contributed by atoms with Crippen LogP contribution in [0.2, 0.25) is 5.02 Å². The van der Waals surface area contributed by atoms with E-state index in [0.717, 1.165) is 12.8 Å². The summed E-state index contributed by atoms with van der Waals surface area (Å²) in [4.78, 5) is 11.6. The summed E-state index contributed by atoms with van der Waals surface area (Å²) in [6, 6.07) is 6.92. The summed E-state index contributed by atoms with van der Waals surface area (Å²) < 4.78 is 10.5. The predicted molar refractivity (Wildman–Crippen MR) is 99.8 cm³/mol. The number of hydrogen-bond acceptors (Lipinski definition) is 3. The van der Waals surface area contributed by atoms with E-state index in [2.05, 4.69) is 6.92 Å². The summed E-state index contributed by atoms with van der Waals surface area (Å²) in [5.74, 6) is 0.302. The van der Waals surface area contributed by atoms with Gasteiger partial charge in [0, 0.05) is 5.02 Å². The van der Waals surface area contributed by atoms with Crippen LogP contribution in [0.3, 0.4) is 0 Å². The molecule has 0 heterocycles. The third-order valence-electron chi connectivity index (χ3n) is 3.93. The molecule has 0 aromatic heterocycles. The van der Waals surface area contributed by atoms with Crippen molar-refractivity contribution >= 4 is 17.6 Å². The van der Waals surface area contributed by atoms with Gasteiger partial charge in [-0.15, -0.1) is 0 Å². The fourth-order valence-electron chi connectivity index (χ4n) is 2.49. The zero-order valence-corrected chi connectivity index (χ0v) is 15.7. The topological polar surface area (TPSA) is 35.5 Å². The number of halogens is 1. The Hall–Kier alpha value is -1.22. The van der Waals surface area contributed by atoms with Crippen molar-refractivity contribution in [2.24, 2.45) is 0 Å². The lowest BCUT2D eigenvalue weighted by Gasteiger charge is -2.07.